The van der Waals surface area contributed by atoms with E-state index in [-0.39, 0.29) is 6.42 Å². The van der Waals surface area contributed by atoms with Crippen molar-refractivity contribution >= 4 is 17.7 Å². The minimum absolute atomic E-state index is 0.00704. The van der Waals surface area contributed by atoms with Gasteiger partial charge in [-0.25, -0.2) is 4.79 Å². The molecule has 0 aliphatic carbocycles. The lowest BCUT2D eigenvalue weighted by Gasteiger charge is -2.25. The number of fused-ring (bicyclic) bond motifs is 1. The van der Waals surface area contributed by atoms with Crippen LogP contribution in [0.25, 0.3) is 0 Å². The Bertz CT molecular complexity index is 644. The van der Waals surface area contributed by atoms with Gasteiger partial charge in [-0.05, 0) is 32.4 Å². The SMILES string of the molecule is CCC1(C)Oc2ccc(NC(=O)NC(C)(C)CCC(=O)O)cc2O1. The monoisotopic (exact) mass is 336 g/mol. The minimum Gasteiger partial charge on any atom is -0.481 e. The minimum atomic E-state index is -0.889. The van der Waals surface area contributed by atoms with E-state index < -0.39 is 23.3 Å². The normalized spacial score (nSPS) is 19.0. The van der Waals surface area contributed by atoms with Gasteiger partial charge in [-0.2, -0.15) is 0 Å². The van der Waals surface area contributed by atoms with E-state index in [4.69, 9.17) is 14.6 Å². The van der Waals surface area contributed by atoms with Crippen molar-refractivity contribution in [2.75, 3.05) is 5.32 Å². The zero-order valence-corrected chi connectivity index (χ0v) is 14.4. The molecule has 1 aliphatic heterocycles. The number of hydrogen-bond acceptors (Lipinski definition) is 4. The van der Waals surface area contributed by atoms with E-state index in [1.807, 2.05) is 13.8 Å². The number of carbonyl (C=O) groups is 2. The number of benzene rings is 1. The highest BCUT2D eigenvalue weighted by Crippen LogP contribution is 2.42. The van der Waals surface area contributed by atoms with E-state index in [1.54, 1.807) is 32.0 Å². The third-order valence-corrected chi connectivity index (χ3v) is 3.91. The van der Waals surface area contributed by atoms with E-state index in [9.17, 15) is 9.59 Å². The van der Waals surface area contributed by atoms with Gasteiger partial charge in [0.05, 0.1) is 0 Å². The Kier molecular flexibility index (Phi) is 4.91. The van der Waals surface area contributed by atoms with Crippen LogP contribution in [-0.2, 0) is 4.79 Å². The van der Waals surface area contributed by atoms with Crippen LogP contribution < -0.4 is 20.1 Å². The highest BCUT2D eigenvalue weighted by molar-refractivity contribution is 5.90. The van der Waals surface area contributed by atoms with Crippen molar-refractivity contribution in [3.63, 3.8) is 0 Å². The van der Waals surface area contributed by atoms with Crippen molar-refractivity contribution in [2.24, 2.45) is 0 Å². The molecular formula is C17H24N2O5. The summed E-state index contributed by atoms with van der Waals surface area (Å²) in [4.78, 5) is 22.8. The molecule has 2 amide bonds. The number of nitrogens with one attached hydrogen (secondary N) is 2. The van der Waals surface area contributed by atoms with Crippen molar-refractivity contribution in [3.05, 3.63) is 18.2 Å². The molecule has 2 rings (SSSR count). The van der Waals surface area contributed by atoms with E-state index in [1.165, 1.54) is 0 Å². The Labute approximate surface area is 141 Å². The number of rotatable bonds is 6. The highest BCUT2D eigenvalue weighted by Gasteiger charge is 2.35. The summed E-state index contributed by atoms with van der Waals surface area (Å²) in [5.41, 5.74) is -0.0520. The summed E-state index contributed by atoms with van der Waals surface area (Å²) in [7, 11) is 0. The maximum Gasteiger partial charge on any atom is 0.319 e. The Morgan fingerprint density at radius 2 is 1.92 bits per heavy atom. The van der Waals surface area contributed by atoms with Crippen LogP contribution in [0.4, 0.5) is 10.5 Å². The Morgan fingerprint density at radius 3 is 2.54 bits per heavy atom. The summed E-state index contributed by atoms with van der Waals surface area (Å²) < 4.78 is 11.5. The molecule has 7 heteroatoms. The van der Waals surface area contributed by atoms with Gasteiger partial charge in [0.15, 0.2) is 11.5 Å². The zero-order valence-electron chi connectivity index (χ0n) is 14.4. The van der Waals surface area contributed by atoms with Crippen LogP contribution in [0.15, 0.2) is 18.2 Å². The molecule has 1 heterocycles. The lowest BCUT2D eigenvalue weighted by molar-refractivity contribution is -0.137. The number of aliphatic carboxylic acids is 1. The Balaban J connectivity index is 1.96. The van der Waals surface area contributed by atoms with Gasteiger partial charge in [-0.15, -0.1) is 0 Å². The molecule has 1 aromatic carbocycles. The maximum atomic E-state index is 12.1. The summed E-state index contributed by atoms with van der Waals surface area (Å²) >= 11 is 0. The summed E-state index contributed by atoms with van der Waals surface area (Å²) in [6.45, 7) is 7.39. The number of ether oxygens (including phenoxy) is 2. The van der Waals surface area contributed by atoms with Gasteiger partial charge in [-0.1, -0.05) is 6.92 Å². The van der Waals surface area contributed by atoms with Crippen LogP contribution >= 0.6 is 0 Å². The quantitative estimate of drug-likeness (QED) is 0.740. The van der Waals surface area contributed by atoms with E-state index >= 15 is 0 Å². The van der Waals surface area contributed by atoms with Crippen LogP contribution in [-0.4, -0.2) is 28.4 Å². The molecule has 1 aromatic rings. The predicted octanol–water partition coefficient (Wildman–Crippen LogP) is 3.35. The van der Waals surface area contributed by atoms with Crippen molar-refractivity contribution in [1.29, 1.82) is 0 Å². The van der Waals surface area contributed by atoms with Crippen LogP contribution in [0.5, 0.6) is 11.5 Å². The topological polar surface area (TPSA) is 96.9 Å². The molecule has 1 atom stereocenters. The lowest BCUT2D eigenvalue weighted by Crippen LogP contribution is -2.45. The number of urea groups is 1. The van der Waals surface area contributed by atoms with E-state index in [0.717, 1.165) is 0 Å². The summed E-state index contributed by atoms with van der Waals surface area (Å²) in [6.07, 6.45) is 1.03. The number of carboxylic acid groups (broad SMARTS) is 1. The second-order valence-corrected chi connectivity index (χ2v) is 6.71. The molecule has 0 bridgehead atoms. The summed E-state index contributed by atoms with van der Waals surface area (Å²) in [5, 5.41) is 14.2. The molecule has 24 heavy (non-hydrogen) atoms. The molecule has 1 aliphatic rings. The van der Waals surface area contributed by atoms with Crippen molar-refractivity contribution < 1.29 is 24.2 Å². The Hall–Kier alpha value is -2.44. The first-order valence-corrected chi connectivity index (χ1v) is 7.95. The van der Waals surface area contributed by atoms with E-state index in [2.05, 4.69) is 10.6 Å². The average molecular weight is 336 g/mol. The molecule has 0 saturated carbocycles. The lowest BCUT2D eigenvalue weighted by atomic mass is 9.99. The van der Waals surface area contributed by atoms with Crippen LogP contribution in [0.1, 0.15) is 47.0 Å². The fraction of sp³-hybridized carbons (Fsp3) is 0.529. The predicted molar refractivity (Wildman–Crippen MR) is 89.5 cm³/mol. The zero-order chi connectivity index (χ0) is 18.0. The number of carboxylic acids is 1. The largest absolute Gasteiger partial charge is 0.481 e. The molecule has 0 spiro atoms. The number of hydrogen-bond donors (Lipinski definition) is 3. The van der Waals surface area contributed by atoms with Crippen molar-refractivity contribution in [2.45, 2.75) is 58.3 Å². The van der Waals surface area contributed by atoms with E-state index in [0.29, 0.717) is 30.0 Å². The van der Waals surface area contributed by atoms with Crippen molar-refractivity contribution in [1.82, 2.24) is 5.32 Å². The fourth-order valence-corrected chi connectivity index (χ4v) is 2.33. The molecule has 0 fully saturated rings. The first-order chi connectivity index (χ1) is 11.1. The fourth-order valence-electron chi connectivity index (χ4n) is 2.33. The highest BCUT2D eigenvalue weighted by atomic mass is 16.7. The molecule has 3 N–H and O–H groups in total. The van der Waals surface area contributed by atoms with Gasteiger partial charge in [0.1, 0.15) is 0 Å². The molecule has 7 nitrogen and oxygen atoms in total. The van der Waals surface area contributed by atoms with Gasteiger partial charge in [-0.3, -0.25) is 4.79 Å². The molecule has 0 aromatic heterocycles. The third-order valence-electron chi connectivity index (χ3n) is 3.91. The third kappa shape index (κ3) is 4.53. The Morgan fingerprint density at radius 1 is 1.25 bits per heavy atom. The molecule has 0 saturated heterocycles. The second kappa shape index (κ2) is 6.59. The van der Waals surface area contributed by atoms with Crippen LogP contribution in [0.3, 0.4) is 0 Å². The number of amides is 2. The van der Waals surface area contributed by atoms with Crippen molar-refractivity contribution in [3.8, 4) is 11.5 Å². The summed E-state index contributed by atoms with van der Waals surface area (Å²) in [6, 6.07) is 4.79. The smallest absolute Gasteiger partial charge is 0.319 e. The number of anilines is 1. The second-order valence-electron chi connectivity index (χ2n) is 6.71. The van der Waals surface area contributed by atoms with Gasteiger partial charge in [0, 0.05) is 37.1 Å². The van der Waals surface area contributed by atoms with Gasteiger partial charge in [0.25, 0.3) is 0 Å². The maximum absolute atomic E-state index is 12.1. The molecule has 1 unspecified atom stereocenters. The van der Waals surface area contributed by atoms with Gasteiger partial charge < -0.3 is 25.2 Å². The van der Waals surface area contributed by atoms with Gasteiger partial charge in [0.2, 0.25) is 5.79 Å². The summed E-state index contributed by atoms with van der Waals surface area (Å²) in [5.74, 6) is -0.336. The molecule has 132 valence electrons. The van der Waals surface area contributed by atoms with Gasteiger partial charge >= 0.3 is 12.0 Å². The standard InChI is InChI=1S/C17H24N2O5/c1-5-17(4)23-12-7-6-11(10-13(12)24-17)18-15(22)19-16(2,3)9-8-14(20)21/h6-7,10H,5,8-9H2,1-4H3,(H,20,21)(H2,18,19,22). The first kappa shape index (κ1) is 17.9. The average Bonchev–Trinajstić information content (AvgIpc) is 2.81. The number of carbonyl (C=O) groups excluding carboxylic acids is 1. The van der Waals surface area contributed by atoms with Crippen LogP contribution in [0.2, 0.25) is 0 Å². The first-order valence-electron chi connectivity index (χ1n) is 7.95. The molecule has 0 radical (unpaired) electrons. The van der Waals surface area contributed by atoms with Crippen LogP contribution in [0, 0.1) is 0 Å². The molecular weight excluding hydrogens is 312 g/mol.